The van der Waals surface area contributed by atoms with Crippen LogP contribution in [0.5, 0.6) is 0 Å². The van der Waals surface area contributed by atoms with Gasteiger partial charge in [-0.3, -0.25) is 4.98 Å². The third-order valence-corrected chi connectivity index (χ3v) is 4.54. The molecule has 2 rings (SSSR count). The van der Waals surface area contributed by atoms with E-state index in [0.29, 0.717) is 7.40 Å². The number of nitrogens with one attached hydrogen (secondary N) is 1. The zero-order valence-electron chi connectivity index (χ0n) is 8.02. The smallest absolute Gasteiger partial charge is 0.332 e. The summed E-state index contributed by atoms with van der Waals surface area (Å²) in [5, 5.41) is 0. The van der Waals surface area contributed by atoms with Gasteiger partial charge >= 0.3 is 6.18 Å². The summed E-state index contributed by atoms with van der Waals surface area (Å²) in [5.41, 5.74) is -0.970. The van der Waals surface area contributed by atoms with Crippen LogP contribution < -0.4 is 0 Å². The molecule has 2 aromatic rings. The van der Waals surface area contributed by atoms with Crippen molar-refractivity contribution >= 4 is 45.2 Å². The second-order valence-electron chi connectivity index (χ2n) is 3.09. The number of hydrogen-bond donors (Lipinski definition) is 1. The first-order valence-corrected chi connectivity index (χ1v) is 6.49. The first kappa shape index (κ1) is 13.1. The van der Waals surface area contributed by atoms with Gasteiger partial charge in [0.2, 0.25) is 0 Å². The van der Waals surface area contributed by atoms with Crippen LogP contribution in [0.3, 0.4) is 0 Å². The monoisotopic (exact) mass is 465 g/mol. The van der Waals surface area contributed by atoms with E-state index in [1.165, 1.54) is 12.1 Å². The van der Waals surface area contributed by atoms with E-state index in [1.807, 2.05) is 45.2 Å². The van der Waals surface area contributed by atoms with Crippen LogP contribution in [-0.2, 0) is 6.18 Å². The van der Waals surface area contributed by atoms with Crippen molar-refractivity contribution in [1.82, 2.24) is 15.0 Å². The molecule has 3 nitrogen and oxygen atoms in total. The van der Waals surface area contributed by atoms with E-state index in [0.717, 1.165) is 6.20 Å². The van der Waals surface area contributed by atoms with Gasteiger partial charge in [-0.25, -0.2) is 4.98 Å². The van der Waals surface area contributed by atoms with Crippen molar-refractivity contribution in [2.24, 2.45) is 0 Å². The predicted octanol–water partition coefficient (Wildman–Crippen LogP) is 3.70. The number of hydrogen-bond acceptors (Lipinski definition) is 2. The average Bonchev–Trinajstić information content (AvgIpc) is 2.58. The van der Waals surface area contributed by atoms with E-state index in [4.69, 9.17) is 0 Å². The van der Waals surface area contributed by atoms with Crippen molar-refractivity contribution in [2.75, 3.05) is 0 Å². The summed E-state index contributed by atoms with van der Waals surface area (Å²) < 4.78 is 39.5. The Labute approximate surface area is 122 Å². The normalized spacial score (nSPS) is 11.8. The van der Waals surface area contributed by atoms with Crippen molar-refractivity contribution in [2.45, 2.75) is 6.18 Å². The SMILES string of the molecule is FC(F)(F)c1ncccc1-c1nc(I)c(I)[nH]1. The maximum absolute atomic E-state index is 12.7. The van der Waals surface area contributed by atoms with Gasteiger partial charge < -0.3 is 4.98 Å². The molecule has 8 heteroatoms. The highest BCUT2D eigenvalue weighted by Gasteiger charge is 2.36. The van der Waals surface area contributed by atoms with E-state index in [1.54, 1.807) is 0 Å². The molecule has 0 spiro atoms. The van der Waals surface area contributed by atoms with E-state index >= 15 is 0 Å². The molecular formula is C9H4F3I2N3. The summed E-state index contributed by atoms with van der Waals surface area (Å²) in [6.45, 7) is 0. The lowest BCUT2D eigenvalue weighted by molar-refractivity contribution is -0.140. The van der Waals surface area contributed by atoms with Gasteiger partial charge in [-0.2, -0.15) is 13.2 Å². The van der Waals surface area contributed by atoms with Crippen LogP contribution in [0.15, 0.2) is 18.3 Å². The highest BCUT2D eigenvalue weighted by atomic mass is 127. The molecule has 2 heterocycles. The van der Waals surface area contributed by atoms with Crippen molar-refractivity contribution in [1.29, 1.82) is 0 Å². The summed E-state index contributed by atoms with van der Waals surface area (Å²) in [6, 6.07) is 2.80. The van der Waals surface area contributed by atoms with Crippen molar-refractivity contribution in [3.63, 3.8) is 0 Å². The van der Waals surface area contributed by atoms with E-state index in [9.17, 15) is 13.2 Å². The summed E-state index contributed by atoms with van der Waals surface area (Å²) in [5.74, 6) is 0.180. The molecule has 17 heavy (non-hydrogen) atoms. The minimum atomic E-state index is -4.49. The highest BCUT2D eigenvalue weighted by molar-refractivity contribution is 14.1. The molecule has 0 aliphatic heterocycles. The molecule has 0 bridgehead atoms. The fourth-order valence-corrected chi connectivity index (χ4v) is 2.03. The lowest BCUT2D eigenvalue weighted by atomic mass is 10.2. The second kappa shape index (κ2) is 4.71. The molecule has 0 aromatic carbocycles. The molecule has 0 radical (unpaired) electrons. The Kier molecular flexibility index (Phi) is 3.61. The molecule has 1 N–H and O–H groups in total. The van der Waals surface area contributed by atoms with E-state index in [2.05, 4.69) is 15.0 Å². The Bertz CT molecular complexity index is 531. The molecular weight excluding hydrogens is 461 g/mol. The van der Waals surface area contributed by atoms with Gasteiger partial charge in [-0.1, -0.05) is 0 Å². The second-order valence-corrected chi connectivity index (χ2v) is 5.19. The van der Waals surface area contributed by atoms with Gasteiger partial charge in [0.05, 0.1) is 0 Å². The summed E-state index contributed by atoms with van der Waals surface area (Å²) in [6.07, 6.45) is -3.37. The minimum Gasteiger partial charge on any atom is -0.332 e. The fourth-order valence-electron chi connectivity index (χ4n) is 1.28. The Morgan fingerprint density at radius 3 is 2.47 bits per heavy atom. The van der Waals surface area contributed by atoms with E-state index < -0.39 is 11.9 Å². The lowest BCUT2D eigenvalue weighted by Crippen LogP contribution is -2.10. The highest BCUT2D eigenvalue weighted by Crippen LogP contribution is 2.34. The zero-order valence-corrected chi connectivity index (χ0v) is 12.3. The maximum atomic E-state index is 12.7. The van der Waals surface area contributed by atoms with Crippen LogP contribution in [0.1, 0.15) is 5.69 Å². The fraction of sp³-hybridized carbons (Fsp3) is 0.111. The Hall–Kier alpha value is -0.390. The predicted molar refractivity (Wildman–Crippen MR) is 72.3 cm³/mol. The largest absolute Gasteiger partial charge is 0.434 e. The number of aromatic nitrogens is 3. The minimum absolute atomic E-state index is 0.0409. The van der Waals surface area contributed by atoms with Crippen molar-refractivity contribution in [3.05, 3.63) is 31.4 Å². The molecule has 0 saturated heterocycles. The number of aromatic amines is 1. The van der Waals surface area contributed by atoms with E-state index in [-0.39, 0.29) is 11.4 Å². The number of H-pyrrole nitrogens is 1. The summed E-state index contributed by atoms with van der Waals surface area (Å²) >= 11 is 3.93. The van der Waals surface area contributed by atoms with Crippen molar-refractivity contribution in [3.8, 4) is 11.4 Å². The number of nitrogens with zero attached hydrogens (tertiary/aromatic N) is 2. The molecule has 0 aliphatic carbocycles. The quantitative estimate of drug-likeness (QED) is 0.654. The number of imidazole rings is 1. The number of alkyl halides is 3. The Balaban J connectivity index is 2.60. The number of halogens is 5. The van der Waals surface area contributed by atoms with Crippen LogP contribution in [0.4, 0.5) is 13.2 Å². The lowest BCUT2D eigenvalue weighted by Gasteiger charge is -2.09. The van der Waals surface area contributed by atoms with Gasteiger partial charge in [0.1, 0.15) is 13.2 Å². The van der Waals surface area contributed by atoms with Crippen LogP contribution >= 0.6 is 45.2 Å². The molecule has 0 atom stereocenters. The maximum Gasteiger partial charge on any atom is 0.434 e. The van der Waals surface area contributed by atoms with Crippen LogP contribution in [0.2, 0.25) is 0 Å². The molecule has 90 valence electrons. The molecule has 0 unspecified atom stereocenters. The Morgan fingerprint density at radius 1 is 1.24 bits per heavy atom. The molecule has 0 fully saturated rings. The van der Waals surface area contributed by atoms with Crippen LogP contribution in [-0.4, -0.2) is 15.0 Å². The van der Waals surface area contributed by atoms with Crippen molar-refractivity contribution < 1.29 is 13.2 Å². The molecule has 0 aliphatic rings. The van der Waals surface area contributed by atoms with Crippen LogP contribution in [0, 0.1) is 7.40 Å². The topological polar surface area (TPSA) is 41.6 Å². The van der Waals surface area contributed by atoms with Gasteiger partial charge in [0.25, 0.3) is 0 Å². The van der Waals surface area contributed by atoms with Crippen LogP contribution in [0.25, 0.3) is 11.4 Å². The third kappa shape index (κ3) is 2.72. The number of rotatable bonds is 1. The zero-order chi connectivity index (χ0) is 12.6. The average molecular weight is 465 g/mol. The van der Waals surface area contributed by atoms with Gasteiger partial charge in [-0.05, 0) is 57.3 Å². The first-order valence-electron chi connectivity index (χ1n) is 4.33. The number of pyridine rings is 1. The third-order valence-electron chi connectivity index (χ3n) is 1.95. The first-order chi connectivity index (χ1) is 7.89. The molecule has 2 aromatic heterocycles. The summed E-state index contributed by atoms with van der Waals surface area (Å²) in [4.78, 5) is 10.2. The van der Waals surface area contributed by atoms with Gasteiger partial charge in [0, 0.05) is 11.8 Å². The molecule has 0 amide bonds. The standard InChI is InChI=1S/C9H4F3I2N3/c10-9(11,12)5-4(2-1-3-15-5)8-16-6(13)7(14)17-8/h1-3H,(H,16,17). The van der Waals surface area contributed by atoms with Gasteiger partial charge in [0.15, 0.2) is 5.69 Å². The Morgan fingerprint density at radius 2 is 1.94 bits per heavy atom. The van der Waals surface area contributed by atoms with Gasteiger partial charge in [-0.15, -0.1) is 0 Å². The molecule has 0 saturated carbocycles. The summed E-state index contributed by atoms with van der Waals surface area (Å²) in [7, 11) is 0.